The molecule has 1 aliphatic rings. The summed E-state index contributed by atoms with van der Waals surface area (Å²) in [6.07, 6.45) is 0. The monoisotopic (exact) mass is 438 g/mol. The van der Waals surface area contributed by atoms with E-state index in [1.54, 1.807) is 12.1 Å². The van der Waals surface area contributed by atoms with Crippen LogP contribution in [0.1, 0.15) is 32.6 Å². The molecule has 0 N–H and O–H groups in total. The van der Waals surface area contributed by atoms with Crippen LogP contribution in [0.3, 0.4) is 0 Å². The largest absolute Gasteiger partial charge is 0.422 e. The molecular formula is C32H22O2. The van der Waals surface area contributed by atoms with Gasteiger partial charge in [-0.3, -0.25) is 0 Å². The first-order valence-corrected chi connectivity index (χ1v) is 11.4. The van der Waals surface area contributed by atoms with Crippen LogP contribution in [0.5, 0.6) is 5.75 Å². The third kappa shape index (κ3) is 3.00. The first kappa shape index (κ1) is 20.2. The van der Waals surface area contributed by atoms with E-state index in [2.05, 4.69) is 72.8 Å². The average molecular weight is 439 g/mol. The van der Waals surface area contributed by atoms with Gasteiger partial charge in [-0.25, -0.2) is 4.79 Å². The van der Waals surface area contributed by atoms with Crippen molar-refractivity contribution in [3.05, 3.63) is 161 Å². The smallest absolute Gasteiger partial charge is 0.343 e. The number of rotatable bonds is 4. The highest BCUT2D eigenvalue weighted by atomic mass is 16.5. The molecule has 0 aromatic heterocycles. The lowest BCUT2D eigenvalue weighted by Gasteiger charge is -2.33. The maximum Gasteiger partial charge on any atom is 0.343 e. The minimum absolute atomic E-state index is 0.358. The van der Waals surface area contributed by atoms with Crippen LogP contribution in [0.15, 0.2) is 133 Å². The highest BCUT2D eigenvalue weighted by Gasteiger charge is 2.47. The van der Waals surface area contributed by atoms with Crippen molar-refractivity contribution in [1.29, 1.82) is 0 Å². The fourth-order valence-corrected chi connectivity index (χ4v) is 5.28. The van der Waals surface area contributed by atoms with E-state index in [1.807, 2.05) is 48.5 Å². The zero-order valence-electron chi connectivity index (χ0n) is 18.5. The number of esters is 1. The number of carbonyl (C=O) groups is 1. The van der Waals surface area contributed by atoms with Crippen molar-refractivity contribution in [2.75, 3.05) is 0 Å². The molecular weight excluding hydrogens is 416 g/mol. The molecule has 0 saturated carbocycles. The quantitative estimate of drug-likeness (QED) is 0.214. The minimum atomic E-state index is -0.510. The molecule has 162 valence electrons. The zero-order valence-corrected chi connectivity index (χ0v) is 18.5. The molecule has 0 saturated heterocycles. The van der Waals surface area contributed by atoms with E-state index in [-0.39, 0.29) is 5.97 Å². The first-order valence-electron chi connectivity index (χ1n) is 11.4. The van der Waals surface area contributed by atoms with Crippen molar-refractivity contribution in [3.63, 3.8) is 0 Å². The molecule has 2 heteroatoms. The van der Waals surface area contributed by atoms with Crippen LogP contribution in [0.25, 0.3) is 11.1 Å². The van der Waals surface area contributed by atoms with Gasteiger partial charge in [-0.15, -0.1) is 0 Å². The molecule has 0 spiro atoms. The highest BCUT2D eigenvalue weighted by Crippen LogP contribution is 2.58. The summed E-state index contributed by atoms with van der Waals surface area (Å²) in [4.78, 5) is 13.0. The number of hydrogen-bond donors (Lipinski definition) is 0. The Balaban J connectivity index is 1.63. The third-order valence-corrected chi connectivity index (χ3v) is 6.66. The van der Waals surface area contributed by atoms with Gasteiger partial charge in [0.15, 0.2) is 0 Å². The summed E-state index contributed by atoms with van der Waals surface area (Å²) >= 11 is 0. The second kappa shape index (κ2) is 8.17. The lowest BCUT2D eigenvalue weighted by atomic mass is 9.68. The zero-order chi connectivity index (χ0) is 23.0. The van der Waals surface area contributed by atoms with E-state index in [0.717, 1.165) is 16.7 Å². The SMILES string of the molecule is O=C(Oc1cccc2c1-c1ccccc1C2(c1ccccc1)c1ccccc1)c1ccccc1. The standard InChI is InChI=1S/C32H22O2/c33-31(23-13-4-1-5-14-23)34-29-22-12-21-28-30(29)26-19-10-11-20-27(26)32(28,24-15-6-2-7-16-24)25-17-8-3-9-18-25/h1-22H. The van der Waals surface area contributed by atoms with Crippen LogP contribution in [-0.4, -0.2) is 5.97 Å². The molecule has 6 rings (SSSR count). The van der Waals surface area contributed by atoms with Crippen molar-refractivity contribution < 1.29 is 9.53 Å². The minimum Gasteiger partial charge on any atom is -0.422 e. The first-order chi connectivity index (χ1) is 16.8. The topological polar surface area (TPSA) is 26.3 Å². The molecule has 0 bridgehead atoms. The van der Waals surface area contributed by atoms with E-state index < -0.39 is 5.41 Å². The molecule has 34 heavy (non-hydrogen) atoms. The number of hydrogen-bond acceptors (Lipinski definition) is 2. The molecule has 0 aliphatic heterocycles. The molecule has 5 aromatic rings. The number of ether oxygens (including phenoxy) is 1. The van der Waals surface area contributed by atoms with E-state index in [9.17, 15) is 4.79 Å². The summed E-state index contributed by atoms with van der Waals surface area (Å²) in [6.45, 7) is 0. The van der Waals surface area contributed by atoms with Crippen molar-refractivity contribution in [1.82, 2.24) is 0 Å². The lowest BCUT2D eigenvalue weighted by molar-refractivity contribution is 0.0735. The van der Waals surface area contributed by atoms with Gasteiger partial charge in [0.05, 0.1) is 11.0 Å². The van der Waals surface area contributed by atoms with Gasteiger partial charge in [0, 0.05) is 5.56 Å². The third-order valence-electron chi connectivity index (χ3n) is 6.66. The number of fused-ring (bicyclic) bond motifs is 3. The van der Waals surface area contributed by atoms with Gasteiger partial charge in [0.2, 0.25) is 0 Å². The Bertz CT molecular complexity index is 1430. The van der Waals surface area contributed by atoms with Gasteiger partial charge in [0.1, 0.15) is 5.75 Å². The van der Waals surface area contributed by atoms with Crippen LogP contribution in [-0.2, 0) is 5.41 Å². The molecule has 0 heterocycles. The van der Waals surface area contributed by atoms with Crippen molar-refractivity contribution in [2.24, 2.45) is 0 Å². The maximum absolute atomic E-state index is 13.0. The van der Waals surface area contributed by atoms with Crippen molar-refractivity contribution in [2.45, 2.75) is 5.41 Å². The predicted molar refractivity (Wildman–Crippen MR) is 135 cm³/mol. The summed E-state index contributed by atoms with van der Waals surface area (Å²) in [6, 6.07) is 44.8. The van der Waals surface area contributed by atoms with E-state index in [0.29, 0.717) is 11.3 Å². The normalized spacial score (nSPS) is 13.1. The van der Waals surface area contributed by atoms with Crippen molar-refractivity contribution >= 4 is 5.97 Å². The van der Waals surface area contributed by atoms with E-state index in [4.69, 9.17) is 4.74 Å². The van der Waals surface area contributed by atoms with Crippen LogP contribution in [0, 0.1) is 0 Å². The molecule has 5 aromatic carbocycles. The van der Waals surface area contributed by atoms with Crippen LogP contribution >= 0.6 is 0 Å². The molecule has 0 unspecified atom stereocenters. The van der Waals surface area contributed by atoms with Crippen LogP contribution < -0.4 is 4.74 Å². The van der Waals surface area contributed by atoms with Gasteiger partial charge >= 0.3 is 5.97 Å². The Morgan fingerprint density at radius 1 is 0.529 bits per heavy atom. The van der Waals surface area contributed by atoms with Crippen LogP contribution in [0.2, 0.25) is 0 Å². The maximum atomic E-state index is 13.0. The second-order valence-electron chi connectivity index (χ2n) is 8.46. The molecule has 1 aliphatic carbocycles. The summed E-state index contributed by atoms with van der Waals surface area (Å²) in [5.74, 6) is 0.218. The molecule has 0 atom stereocenters. The lowest BCUT2D eigenvalue weighted by Crippen LogP contribution is -2.28. The van der Waals surface area contributed by atoms with E-state index in [1.165, 1.54) is 16.7 Å². The van der Waals surface area contributed by atoms with Gasteiger partial charge in [0.25, 0.3) is 0 Å². The molecule has 0 fully saturated rings. The van der Waals surface area contributed by atoms with Gasteiger partial charge in [-0.1, -0.05) is 115 Å². The molecule has 0 amide bonds. The fourth-order valence-electron chi connectivity index (χ4n) is 5.28. The predicted octanol–water partition coefficient (Wildman–Crippen LogP) is 7.27. The summed E-state index contributed by atoms with van der Waals surface area (Å²) in [5, 5.41) is 0. The Labute approximate surface area is 199 Å². The van der Waals surface area contributed by atoms with E-state index >= 15 is 0 Å². The summed E-state index contributed by atoms with van der Waals surface area (Å²) in [7, 11) is 0. The second-order valence-corrected chi connectivity index (χ2v) is 8.46. The van der Waals surface area contributed by atoms with Crippen molar-refractivity contribution in [3.8, 4) is 16.9 Å². The summed E-state index contributed by atoms with van der Waals surface area (Å²) in [5.41, 5.74) is 6.73. The fraction of sp³-hybridized carbons (Fsp3) is 0.0312. The van der Waals surface area contributed by atoms with Gasteiger partial charge < -0.3 is 4.74 Å². The summed E-state index contributed by atoms with van der Waals surface area (Å²) < 4.78 is 6.03. The Morgan fingerprint density at radius 2 is 1.06 bits per heavy atom. The van der Waals surface area contributed by atoms with Gasteiger partial charge in [-0.2, -0.15) is 0 Å². The molecule has 0 radical (unpaired) electrons. The Morgan fingerprint density at radius 3 is 1.71 bits per heavy atom. The van der Waals surface area contributed by atoms with Gasteiger partial charge in [-0.05, 0) is 46.0 Å². The highest BCUT2D eigenvalue weighted by molar-refractivity contribution is 5.95. The number of carbonyl (C=O) groups excluding carboxylic acids is 1. The molecule has 2 nitrogen and oxygen atoms in total. The number of benzene rings is 5. The van der Waals surface area contributed by atoms with Crippen LogP contribution in [0.4, 0.5) is 0 Å². The Hall–Kier alpha value is -4.43. The average Bonchev–Trinajstić information content (AvgIpc) is 3.22. The Kier molecular flexibility index (Phi) is 4.85.